The molecule has 0 bridgehead atoms. The Labute approximate surface area is 88.0 Å². The molecule has 1 N–H and O–H groups in total. The first-order valence-corrected chi connectivity index (χ1v) is 5.66. The number of hydrogen-bond donors (Lipinski definition) is 1. The van der Waals surface area contributed by atoms with Gasteiger partial charge in [-0.15, -0.1) is 11.8 Å². The highest BCUT2D eigenvalue weighted by atomic mass is 32.2. The zero-order valence-electron chi connectivity index (χ0n) is 8.49. The monoisotopic (exact) mass is 220 g/mol. The third kappa shape index (κ3) is 5.85. The van der Waals surface area contributed by atoms with Gasteiger partial charge in [0.25, 0.3) is 0 Å². The molecular weight excluding hydrogens is 204 g/mol. The number of carboxylic acids is 1. The van der Waals surface area contributed by atoms with Crippen molar-refractivity contribution in [3.8, 4) is 0 Å². The van der Waals surface area contributed by atoms with Gasteiger partial charge in [-0.1, -0.05) is 13.3 Å². The van der Waals surface area contributed by atoms with Gasteiger partial charge in [0.2, 0.25) is 0 Å². The highest BCUT2D eigenvalue weighted by molar-refractivity contribution is 8.01. The lowest BCUT2D eigenvalue weighted by Crippen LogP contribution is -2.21. The Balaban J connectivity index is 3.99. The summed E-state index contributed by atoms with van der Waals surface area (Å²) in [6.45, 7) is 4.03. The van der Waals surface area contributed by atoms with Gasteiger partial charge in [-0.25, -0.2) is 0 Å². The Morgan fingerprint density at radius 2 is 2.07 bits per heavy atom. The molecule has 0 heterocycles. The molecule has 82 valence electrons. The van der Waals surface area contributed by atoms with E-state index in [4.69, 9.17) is 9.84 Å². The molecule has 1 unspecified atom stereocenters. The third-order valence-electron chi connectivity index (χ3n) is 1.51. The lowest BCUT2D eigenvalue weighted by atomic mass is 10.2. The predicted molar refractivity (Wildman–Crippen MR) is 55.4 cm³/mol. The van der Waals surface area contributed by atoms with E-state index in [-0.39, 0.29) is 17.0 Å². The van der Waals surface area contributed by atoms with Crippen LogP contribution in [0.5, 0.6) is 0 Å². The van der Waals surface area contributed by atoms with E-state index in [0.717, 1.165) is 18.2 Å². The Morgan fingerprint density at radius 1 is 1.43 bits per heavy atom. The van der Waals surface area contributed by atoms with Crippen molar-refractivity contribution < 1.29 is 19.4 Å². The number of hydrogen-bond acceptors (Lipinski definition) is 4. The van der Waals surface area contributed by atoms with Crippen molar-refractivity contribution in [3.05, 3.63) is 0 Å². The quantitative estimate of drug-likeness (QED) is 0.659. The highest BCUT2D eigenvalue weighted by Gasteiger charge is 2.20. The molecule has 0 spiro atoms. The summed E-state index contributed by atoms with van der Waals surface area (Å²) in [5.41, 5.74) is 0. The largest absolute Gasteiger partial charge is 0.481 e. The van der Waals surface area contributed by atoms with Crippen LogP contribution in [-0.2, 0) is 14.3 Å². The Morgan fingerprint density at radius 3 is 2.50 bits per heavy atom. The number of ether oxygens (including phenoxy) is 1. The fourth-order valence-corrected chi connectivity index (χ4v) is 1.89. The van der Waals surface area contributed by atoms with Crippen LogP contribution in [0.15, 0.2) is 0 Å². The summed E-state index contributed by atoms with van der Waals surface area (Å²) in [6, 6.07) is 0. The van der Waals surface area contributed by atoms with Crippen LogP contribution in [0.25, 0.3) is 0 Å². The first kappa shape index (κ1) is 13.3. The van der Waals surface area contributed by atoms with Gasteiger partial charge in [0.1, 0.15) is 5.25 Å². The second kappa shape index (κ2) is 7.67. The number of thioether (sulfide) groups is 1. The molecule has 0 aliphatic heterocycles. The van der Waals surface area contributed by atoms with Crippen molar-refractivity contribution in [3.63, 3.8) is 0 Å². The van der Waals surface area contributed by atoms with E-state index in [0.29, 0.717) is 13.0 Å². The SMILES string of the molecule is CCCC(SCC(=O)O)C(=O)OCC. The number of carbonyl (C=O) groups excluding carboxylic acids is 1. The number of rotatable bonds is 7. The van der Waals surface area contributed by atoms with Crippen LogP contribution in [0.1, 0.15) is 26.7 Å². The Bertz CT molecular complexity index is 193. The van der Waals surface area contributed by atoms with E-state index in [1.54, 1.807) is 6.92 Å². The van der Waals surface area contributed by atoms with E-state index in [2.05, 4.69) is 0 Å². The van der Waals surface area contributed by atoms with E-state index in [9.17, 15) is 9.59 Å². The maximum Gasteiger partial charge on any atom is 0.319 e. The number of carbonyl (C=O) groups is 2. The molecule has 0 aromatic carbocycles. The molecule has 1 atom stereocenters. The molecule has 0 saturated carbocycles. The molecule has 0 aliphatic carbocycles. The van der Waals surface area contributed by atoms with Crippen LogP contribution in [0.4, 0.5) is 0 Å². The lowest BCUT2D eigenvalue weighted by Gasteiger charge is -2.12. The molecule has 0 fully saturated rings. The lowest BCUT2D eigenvalue weighted by molar-refractivity contribution is -0.142. The molecular formula is C9H16O4S. The van der Waals surface area contributed by atoms with E-state index < -0.39 is 5.97 Å². The highest BCUT2D eigenvalue weighted by Crippen LogP contribution is 2.17. The fourth-order valence-electron chi connectivity index (χ4n) is 0.939. The van der Waals surface area contributed by atoms with Crippen LogP contribution in [0, 0.1) is 0 Å². The average Bonchev–Trinajstić information content (AvgIpc) is 2.12. The normalized spacial score (nSPS) is 12.1. The van der Waals surface area contributed by atoms with E-state index >= 15 is 0 Å². The summed E-state index contributed by atoms with van der Waals surface area (Å²) >= 11 is 1.13. The molecule has 0 radical (unpaired) electrons. The van der Waals surface area contributed by atoms with Crippen LogP contribution < -0.4 is 0 Å². The molecule has 14 heavy (non-hydrogen) atoms. The van der Waals surface area contributed by atoms with Crippen LogP contribution >= 0.6 is 11.8 Å². The minimum Gasteiger partial charge on any atom is -0.481 e. The van der Waals surface area contributed by atoms with Gasteiger partial charge in [0.05, 0.1) is 12.4 Å². The van der Waals surface area contributed by atoms with Gasteiger partial charge in [-0.2, -0.15) is 0 Å². The second-order valence-corrected chi connectivity index (χ2v) is 3.93. The van der Waals surface area contributed by atoms with Crippen LogP contribution in [-0.4, -0.2) is 34.7 Å². The van der Waals surface area contributed by atoms with Gasteiger partial charge in [0.15, 0.2) is 0 Å². The molecule has 0 amide bonds. The maximum absolute atomic E-state index is 11.3. The zero-order valence-corrected chi connectivity index (χ0v) is 9.30. The van der Waals surface area contributed by atoms with Gasteiger partial charge in [-0.05, 0) is 13.3 Å². The van der Waals surface area contributed by atoms with E-state index in [1.807, 2.05) is 6.92 Å². The molecule has 0 aromatic heterocycles. The first-order chi connectivity index (χ1) is 6.61. The standard InChI is InChI=1S/C9H16O4S/c1-3-5-7(9(12)13-4-2)14-6-8(10)11/h7H,3-6H2,1-2H3,(H,10,11). The van der Waals surface area contributed by atoms with Gasteiger partial charge >= 0.3 is 11.9 Å². The van der Waals surface area contributed by atoms with Crippen molar-refractivity contribution >= 4 is 23.7 Å². The van der Waals surface area contributed by atoms with Crippen molar-refractivity contribution in [1.29, 1.82) is 0 Å². The second-order valence-electron chi connectivity index (χ2n) is 2.73. The minimum absolute atomic E-state index is 0.0521. The van der Waals surface area contributed by atoms with Crippen molar-refractivity contribution in [2.24, 2.45) is 0 Å². The molecule has 5 heteroatoms. The summed E-state index contributed by atoms with van der Waals surface area (Å²) in [7, 11) is 0. The van der Waals surface area contributed by atoms with Crippen molar-refractivity contribution in [2.45, 2.75) is 31.9 Å². The maximum atomic E-state index is 11.3. The molecule has 0 rings (SSSR count). The molecule has 0 saturated heterocycles. The number of esters is 1. The van der Waals surface area contributed by atoms with E-state index in [1.165, 1.54) is 0 Å². The van der Waals surface area contributed by atoms with Crippen molar-refractivity contribution in [2.75, 3.05) is 12.4 Å². The average molecular weight is 220 g/mol. The van der Waals surface area contributed by atoms with Crippen LogP contribution in [0.2, 0.25) is 0 Å². The summed E-state index contributed by atoms with van der Waals surface area (Å²) in [5.74, 6) is -1.26. The van der Waals surface area contributed by atoms with Gasteiger partial charge < -0.3 is 9.84 Å². The van der Waals surface area contributed by atoms with Crippen LogP contribution in [0.3, 0.4) is 0 Å². The summed E-state index contributed by atoms with van der Waals surface area (Å²) in [4.78, 5) is 21.6. The predicted octanol–water partition coefficient (Wildman–Crippen LogP) is 1.54. The molecule has 0 aromatic rings. The summed E-state index contributed by atoms with van der Waals surface area (Å²) in [6.07, 6.45) is 1.51. The Kier molecular flexibility index (Phi) is 7.28. The number of aliphatic carboxylic acids is 1. The fraction of sp³-hybridized carbons (Fsp3) is 0.778. The number of carboxylic acid groups (broad SMARTS) is 1. The molecule has 0 aliphatic rings. The smallest absolute Gasteiger partial charge is 0.319 e. The Hall–Kier alpha value is -0.710. The summed E-state index contributed by atoms with van der Waals surface area (Å²) < 4.78 is 4.84. The zero-order chi connectivity index (χ0) is 11.0. The third-order valence-corrected chi connectivity index (χ3v) is 2.75. The first-order valence-electron chi connectivity index (χ1n) is 4.61. The van der Waals surface area contributed by atoms with Gasteiger partial charge in [-0.3, -0.25) is 9.59 Å². The van der Waals surface area contributed by atoms with Gasteiger partial charge in [0, 0.05) is 0 Å². The topological polar surface area (TPSA) is 63.6 Å². The van der Waals surface area contributed by atoms with Crippen molar-refractivity contribution in [1.82, 2.24) is 0 Å². The summed E-state index contributed by atoms with van der Waals surface area (Å²) in [5, 5.41) is 8.13. The molecule has 4 nitrogen and oxygen atoms in total. The minimum atomic E-state index is -0.902.